The highest BCUT2D eigenvalue weighted by Gasteiger charge is 2.18. The summed E-state index contributed by atoms with van der Waals surface area (Å²) in [5.41, 5.74) is 15.1. The molecule has 58 heavy (non-hydrogen) atoms. The van der Waals surface area contributed by atoms with Crippen LogP contribution in [0, 0.1) is 6.92 Å². The molecule has 0 fully saturated rings. The van der Waals surface area contributed by atoms with Crippen molar-refractivity contribution in [3.63, 3.8) is 0 Å². The molecule has 11 aromatic rings. The van der Waals surface area contributed by atoms with Gasteiger partial charge >= 0.3 is 0 Å². The van der Waals surface area contributed by atoms with Gasteiger partial charge in [-0.05, 0) is 119 Å². The molecule has 274 valence electrons. The Bertz CT molecular complexity index is 3320. The van der Waals surface area contributed by atoms with E-state index in [9.17, 15) is 0 Å². The number of nitrogens with zero attached hydrogens (tertiary/aromatic N) is 2. The number of fused-ring (bicyclic) bond motifs is 6. The molecule has 0 amide bonds. The molecule has 0 aliphatic carbocycles. The zero-order chi connectivity index (χ0) is 38.6. The number of ether oxygens (including phenoxy) is 1. The molecule has 2 aromatic heterocycles. The molecule has 11 rings (SSSR count). The maximum Gasteiger partial charge on any atom is 0.135 e. The van der Waals surface area contributed by atoms with Gasteiger partial charge in [0, 0.05) is 38.5 Å². The predicted molar refractivity (Wildman–Crippen MR) is 243 cm³/mol. The smallest absolute Gasteiger partial charge is 0.135 e. The van der Waals surface area contributed by atoms with Crippen LogP contribution in [0.5, 0.6) is 11.5 Å². The van der Waals surface area contributed by atoms with Crippen molar-refractivity contribution < 1.29 is 4.74 Å². The second-order valence-corrected chi connectivity index (χ2v) is 15.0. The van der Waals surface area contributed by atoms with Crippen molar-refractivity contribution >= 4 is 43.6 Å². The number of hydrogen-bond donors (Lipinski definition) is 0. The van der Waals surface area contributed by atoms with Gasteiger partial charge in [0.2, 0.25) is 0 Å². The lowest BCUT2D eigenvalue weighted by atomic mass is 10.00. The van der Waals surface area contributed by atoms with Gasteiger partial charge in [0.1, 0.15) is 11.5 Å². The molecular formula is C55H38N2O. The summed E-state index contributed by atoms with van der Waals surface area (Å²) in [6, 6.07) is 75.9. The molecule has 0 aliphatic heterocycles. The van der Waals surface area contributed by atoms with E-state index in [-0.39, 0.29) is 0 Å². The van der Waals surface area contributed by atoms with E-state index >= 15 is 0 Å². The number of benzene rings is 9. The van der Waals surface area contributed by atoms with Gasteiger partial charge in [-0.2, -0.15) is 0 Å². The van der Waals surface area contributed by atoms with Crippen LogP contribution in [0.1, 0.15) is 5.56 Å². The van der Waals surface area contributed by atoms with E-state index in [0.29, 0.717) is 0 Å². The second-order valence-electron chi connectivity index (χ2n) is 15.0. The average Bonchev–Trinajstić information content (AvgIpc) is 3.79. The van der Waals surface area contributed by atoms with Crippen molar-refractivity contribution in [2.75, 3.05) is 0 Å². The first-order valence-electron chi connectivity index (χ1n) is 19.8. The van der Waals surface area contributed by atoms with Gasteiger partial charge in [-0.15, -0.1) is 0 Å². The highest BCUT2D eigenvalue weighted by atomic mass is 16.5. The molecule has 9 aromatic carbocycles. The fourth-order valence-corrected chi connectivity index (χ4v) is 8.77. The van der Waals surface area contributed by atoms with Gasteiger partial charge in [-0.1, -0.05) is 133 Å². The summed E-state index contributed by atoms with van der Waals surface area (Å²) in [6.45, 7) is 2.15. The Labute approximate surface area is 337 Å². The Hall–Kier alpha value is -7.62. The summed E-state index contributed by atoms with van der Waals surface area (Å²) < 4.78 is 11.6. The number of aryl methyl sites for hydroxylation is 1. The van der Waals surface area contributed by atoms with Gasteiger partial charge in [0.15, 0.2) is 0 Å². The topological polar surface area (TPSA) is 19.1 Å². The third kappa shape index (κ3) is 5.67. The van der Waals surface area contributed by atoms with Crippen molar-refractivity contribution in [3.8, 4) is 56.3 Å². The lowest BCUT2D eigenvalue weighted by molar-refractivity contribution is 0.485. The molecule has 0 saturated carbocycles. The molecular weight excluding hydrogens is 705 g/mol. The summed E-state index contributed by atoms with van der Waals surface area (Å²) in [4.78, 5) is 0. The largest absolute Gasteiger partial charge is 0.457 e. The molecule has 3 heteroatoms. The average molecular weight is 743 g/mol. The van der Waals surface area contributed by atoms with E-state index in [2.05, 4.69) is 222 Å². The Morgan fingerprint density at radius 3 is 1.60 bits per heavy atom. The van der Waals surface area contributed by atoms with E-state index < -0.39 is 0 Å². The van der Waals surface area contributed by atoms with Gasteiger partial charge in [-0.3, -0.25) is 0 Å². The van der Waals surface area contributed by atoms with Gasteiger partial charge < -0.3 is 13.9 Å². The highest BCUT2D eigenvalue weighted by Crippen LogP contribution is 2.41. The third-order valence-corrected chi connectivity index (χ3v) is 11.5. The fourth-order valence-electron chi connectivity index (χ4n) is 8.77. The van der Waals surface area contributed by atoms with Gasteiger partial charge in [-0.25, -0.2) is 0 Å². The molecule has 0 bridgehead atoms. The summed E-state index contributed by atoms with van der Waals surface area (Å²) in [5, 5.41) is 4.78. The summed E-state index contributed by atoms with van der Waals surface area (Å²) in [7, 11) is 0. The van der Waals surface area contributed by atoms with Crippen LogP contribution in [0.15, 0.2) is 212 Å². The molecule has 0 aliphatic rings. The highest BCUT2D eigenvalue weighted by molar-refractivity contribution is 6.13. The predicted octanol–water partition coefficient (Wildman–Crippen LogP) is 15.0. The van der Waals surface area contributed by atoms with Crippen LogP contribution in [0.2, 0.25) is 0 Å². The minimum atomic E-state index is 0.797. The van der Waals surface area contributed by atoms with E-state index in [1.807, 2.05) is 6.07 Å². The molecule has 0 saturated heterocycles. The molecule has 3 nitrogen and oxygen atoms in total. The van der Waals surface area contributed by atoms with E-state index in [1.165, 1.54) is 60.6 Å². The van der Waals surface area contributed by atoms with Crippen molar-refractivity contribution in [3.05, 3.63) is 218 Å². The maximum atomic E-state index is 6.80. The van der Waals surface area contributed by atoms with Crippen LogP contribution in [0.3, 0.4) is 0 Å². The van der Waals surface area contributed by atoms with E-state index in [0.717, 1.165) is 44.9 Å². The molecule has 0 spiro atoms. The number of rotatable bonds is 7. The lowest BCUT2D eigenvalue weighted by Gasteiger charge is -2.14. The van der Waals surface area contributed by atoms with Gasteiger partial charge in [0.05, 0.1) is 22.1 Å². The van der Waals surface area contributed by atoms with Crippen LogP contribution >= 0.6 is 0 Å². The molecule has 0 N–H and O–H groups in total. The SMILES string of the molecule is Cc1ccccc1-c1ccccc1Oc1ccc2c(c1)c1cc(-c3ccc4c(c3)c3ccccc3n4-c3ccccc3)ccc1n2-c1cccc(-c2ccccc2)c1. The van der Waals surface area contributed by atoms with Crippen LogP contribution in [-0.4, -0.2) is 9.13 Å². The van der Waals surface area contributed by atoms with Crippen LogP contribution in [0.25, 0.3) is 88.4 Å². The molecule has 2 heterocycles. The summed E-state index contributed by atoms with van der Waals surface area (Å²) >= 11 is 0. The number of para-hydroxylation sites is 3. The van der Waals surface area contributed by atoms with Crippen LogP contribution in [0.4, 0.5) is 0 Å². The molecule has 0 unspecified atom stereocenters. The first kappa shape index (κ1) is 33.7. The Morgan fingerprint density at radius 2 is 0.845 bits per heavy atom. The lowest BCUT2D eigenvalue weighted by Crippen LogP contribution is -1.95. The van der Waals surface area contributed by atoms with Crippen molar-refractivity contribution in [2.24, 2.45) is 0 Å². The molecule has 0 atom stereocenters. The normalized spacial score (nSPS) is 11.5. The first-order chi connectivity index (χ1) is 28.7. The number of hydrogen-bond acceptors (Lipinski definition) is 1. The Morgan fingerprint density at radius 1 is 0.328 bits per heavy atom. The monoisotopic (exact) mass is 742 g/mol. The van der Waals surface area contributed by atoms with Crippen LogP contribution in [-0.2, 0) is 0 Å². The third-order valence-electron chi connectivity index (χ3n) is 11.5. The number of aromatic nitrogens is 2. The maximum absolute atomic E-state index is 6.80. The van der Waals surface area contributed by atoms with Crippen molar-refractivity contribution in [1.29, 1.82) is 0 Å². The molecule has 0 radical (unpaired) electrons. The second kappa shape index (κ2) is 13.8. The Kier molecular flexibility index (Phi) is 8.04. The van der Waals surface area contributed by atoms with E-state index in [1.54, 1.807) is 0 Å². The van der Waals surface area contributed by atoms with E-state index in [4.69, 9.17) is 4.74 Å². The summed E-state index contributed by atoms with van der Waals surface area (Å²) in [6.07, 6.45) is 0. The minimum absolute atomic E-state index is 0.797. The minimum Gasteiger partial charge on any atom is -0.457 e. The zero-order valence-corrected chi connectivity index (χ0v) is 32.0. The van der Waals surface area contributed by atoms with Crippen LogP contribution < -0.4 is 4.74 Å². The zero-order valence-electron chi connectivity index (χ0n) is 32.0. The summed E-state index contributed by atoms with van der Waals surface area (Å²) in [5.74, 6) is 1.63. The standard InChI is InChI=1S/C55H38N2O/c1-37-15-8-9-22-45(37)47-24-11-13-26-55(47)58-44-29-32-54-50(36-44)49-35-41(28-31-53(49)57(54)43-21-14-18-39(33-43)38-16-4-2-5-17-38)40-27-30-52-48(34-40)46-23-10-12-25-51(46)56(52)42-19-6-3-7-20-42/h2-36H,1H3. The van der Waals surface area contributed by atoms with Gasteiger partial charge in [0.25, 0.3) is 0 Å². The van der Waals surface area contributed by atoms with Crippen molar-refractivity contribution in [1.82, 2.24) is 9.13 Å². The Balaban J connectivity index is 1.09. The van der Waals surface area contributed by atoms with Crippen molar-refractivity contribution in [2.45, 2.75) is 6.92 Å². The first-order valence-corrected chi connectivity index (χ1v) is 19.8. The fraction of sp³-hybridized carbons (Fsp3) is 0.0182. The quantitative estimate of drug-likeness (QED) is 0.159.